The average molecular weight is 323 g/mol. The van der Waals surface area contributed by atoms with Gasteiger partial charge in [0.15, 0.2) is 14.4 Å². The van der Waals surface area contributed by atoms with Gasteiger partial charge < -0.3 is 0 Å². The third kappa shape index (κ3) is 4.44. The Labute approximate surface area is 130 Å². The van der Waals surface area contributed by atoms with Gasteiger partial charge in [-0.2, -0.15) is 5.26 Å². The lowest BCUT2D eigenvalue weighted by molar-refractivity contribution is 0.778. The van der Waals surface area contributed by atoms with Gasteiger partial charge in [0.2, 0.25) is 0 Å². The Balaban J connectivity index is 1.94. The van der Waals surface area contributed by atoms with E-state index in [-0.39, 0.29) is 0 Å². The van der Waals surface area contributed by atoms with Gasteiger partial charge in [-0.3, -0.25) is 0 Å². The molecule has 0 aliphatic carbocycles. The lowest BCUT2D eigenvalue weighted by Gasteiger charge is -1.96. The van der Waals surface area contributed by atoms with Gasteiger partial charge in [0.1, 0.15) is 11.1 Å². The summed E-state index contributed by atoms with van der Waals surface area (Å²) >= 11 is 4.60. The molecule has 5 nitrogen and oxygen atoms in total. The van der Waals surface area contributed by atoms with Crippen LogP contribution in [-0.2, 0) is 0 Å². The van der Waals surface area contributed by atoms with Crippen molar-refractivity contribution < 1.29 is 0 Å². The Kier molecular flexibility index (Phi) is 6.24. The highest BCUT2D eigenvalue weighted by molar-refractivity contribution is 8.03. The number of hydrogen-bond donors (Lipinski definition) is 0. The highest BCUT2D eigenvalue weighted by Crippen LogP contribution is 2.33. The van der Waals surface area contributed by atoms with Crippen LogP contribution in [0, 0.1) is 11.3 Å². The second-order valence-corrected chi connectivity index (χ2v) is 7.37. The molecule has 2 aromatic heterocycles. The standard InChI is InChI=1S/C12H13N5S3/c1-2-3-4-7-18-11-16-17-12(20-11)19-10-9(8-13)14-5-6-15-10/h5-6H,2-4,7H2,1H3. The van der Waals surface area contributed by atoms with Crippen molar-refractivity contribution in [3.8, 4) is 6.07 Å². The zero-order valence-corrected chi connectivity index (χ0v) is 13.4. The predicted octanol–water partition coefficient (Wildman–Crippen LogP) is 3.63. The largest absolute Gasteiger partial charge is 0.245 e. The number of rotatable bonds is 7. The van der Waals surface area contributed by atoms with E-state index in [1.54, 1.807) is 18.0 Å². The number of hydrogen-bond acceptors (Lipinski definition) is 8. The number of nitriles is 1. The van der Waals surface area contributed by atoms with Gasteiger partial charge in [-0.1, -0.05) is 42.9 Å². The van der Waals surface area contributed by atoms with E-state index in [4.69, 9.17) is 5.26 Å². The Morgan fingerprint density at radius 3 is 2.80 bits per heavy atom. The molecule has 20 heavy (non-hydrogen) atoms. The van der Waals surface area contributed by atoms with Crippen molar-refractivity contribution in [1.29, 1.82) is 5.26 Å². The molecule has 0 spiro atoms. The Morgan fingerprint density at radius 1 is 1.20 bits per heavy atom. The molecule has 0 N–H and O–H groups in total. The van der Waals surface area contributed by atoms with Crippen LogP contribution >= 0.6 is 34.9 Å². The summed E-state index contributed by atoms with van der Waals surface area (Å²) in [5.41, 5.74) is 0.324. The topological polar surface area (TPSA) is 75.3 Å². The SMILES string of the molecule is CCCCCSc1nnc(Sc2nccnc2C#N)s1. The summed E-state index contributed by atoms with van der Waals surface area (Å²) in [6.07, 6.45) is 6.76. The highest BCUT2D eigenvalue weighted by Gasteiger charge is 2.11. The fourth-order valence-electron chi connectivity index (χ4n) is 1.37. The molecule has 0 fully saturated rings. The molecule has 2 heterocycles. The van der Waals surface area contributed by atoms with Crippen molar-refractivity contribution in [2.24, 2.45) is 0 Å². The van der Waals surface area contributed by atoms with Crippen LogP contribution in [0.1, 0.15) is 31.9 Å². The smallest absolute Gasteiger partial charge is 0.181 e. The summed E-state index contributed by atoms with van der Waals surface area (Å²) in [5, 5.41) is 17.8. The second-order valence-electron chi connectivity index (χ2n) is 3.81. The van der Waals surface area contributed by atoms with Crippen molar-refractivity contribution in [2.75, 3.05) is 5.75 Å². The van der Waals surface area contributed by atoms with Crippen LogP contribution in [0.25, 0.3) is 0 Å². The molecule has 0 aromatic carbocycles. The molecular formula is C12H13N5S3. The average Bonchev–Trinajstić information content (AvgIpc) is 2.92. The zero-order chi connectivity index (χ0) is 14.2. The minimum absolute atomic E-state index is 0.324. The van der Waals surface area contributed by atoms with E-state index in [0.29, 0.717) is 10.7 Å². The van der Waals surface area contributed by atoms with Crippen molar-refractivity contribution in [3.63, 3.8) is 0 Å². The van der Waals surface area contributed by atoms with E-state index in [2.05, 4.69) is 27.1 Å². The van der Waals surface area contributed by atoms with Crippen LogP contribution in [0.4, 0.5) is 0 Å². The maximum Gasteiger partial charge on any atom is 0.181 e. The summed E-state index contributed by atoms with van der Waals surface area (Å²) in [6, 6.07) is 2.03. The Hall–Kier alpha value is -1.17. The Bertz CT molecular complexity index is 593. The van der Waals surface area contributed by atoms with Crippen LogP contribution < -0.4 is 0 Å². The molecule has 104 valence electrons. The fourth-order valence-corrected chi connectivity index (χ4v) is 4.38. The normalized spacial score (nSPS) is 10.4. The van der Waals surface area contributed by atoms with E-state index in [1.165, 1.54) is 48.6 Å². The highest BCUT2D eigenvalue weighted by atomic mass is 32.2. The van der Waals surface area contributed by atoms with Crippen LogP contribution in [0.3, 0.4) is 0 Å². The van der Waals surface area contributed by atoms with Gasteiger partial charge in [-0.25, -0.2) is 9.97 Å². The molecule has 0 bridgehead atoms. The van der Waals surface area contributed by atoms with Gasteiger partial charge in [-0.05, 0) is 18.2 Å². The van der Waals surface area contributed by atoms with Gasteiger partial charge in [0.05, 0.1) is 0 Å². The molecule has 0 unspecified atom stereocenters. The van der Waals surface area contributed by atoms with E-state index < -0.39 is 0 Å². The van der Waals surface area contributed by atoms with Gasteiger partial charge in [0.25, 0.3) is 0 Å². The molecule has 2 rings (SSSR count). The predicted molar refractivity (Wildman–Crippen MR) is 81.0 cm³/mol. The van der Waals surface area contributed by atoms with Gasteiger partial charge >= 0.3 is 0 Å². The maximum atomic E-state index is 8.97. The first-order valence-electron chi connectivity index (χ1n) is 6.18. The van der Waals surface area contributed by atoms with Crippen molar-refractivity contribution in [3.05, 3.63) is 18.1 Å². The number of aromatic nitrogens is 4. The molecule has 0 atom stereocenters. The summed E-state index contributed by atoms with van der Waals surface area (Å²) in [5.74, 6) is 1.07. The zero-order valence-electron chi connectivity index (χ0n) is 10.9. The molecule has 0 aliphatic heterocycles. The molecule has 8 heteroatoms. The Morgan fingerprint density at radius 2 is 2.00 bits per heavy atom. The summed E-state index contributed by atoms with van der Waals surface area (Å²) < 4.78 is 1.76. The van der Waals surface area contributed by atoms with Crippen molar-refractivity contribution in [2.45, 2.75) is 39.9 Å². The van der Waals surface area contributed by atoms with Crippen molar-refractivity contribution in [1.82, 2.24) is 20.2 Å². The molecule has 0 amide bonds. The van der Waals surface area contributed by atoms with Crippen LogP contribution in [-0.4, -0.2) is 25.9 Å². The van der Waals surface area contributed by atoms with Crippen molar-refractivity contribution >= 4 is 34.9 Å². The number of unbranched alkanes of at least 4 members (excludes halogenated alkanes) is 2. The molecule has 0 saturated heterocycles. The second kappa shape index (κ2) is 8.19. The molecule has 0 saturated carbocycles. The molecule has 2 aromatic rings. The van der Waals surface area contributed by atoms with E-state index >= 15 is 0 Å². The third-order valence-electron chi connectivity index (χ3n) is 2.32. The van der Waals surface area contributed by atoms with E-state index in [0.717, 1.165) is 14.4 Å². The first-order valence-corrected chi connectivity index (χ1v) is 8.80. The van der Waals surface area contributed by atoms with Crippen LogP contribution in [0.5, 0.6) is 0 Å². The summed E-state index contributed by atoms with van der Waals surface area (Å²) in [4.78, 5) is 8.13. The first kappa shape index (κ1) is 15.2. The quantitative estimate of drug-likeness (QED) is 0.569. The fraction of sp³-hybridized carbons (Fsp3) is 0.417. The van der Waals surface area contributed by atoms with Crippen LogP contribution in [0.15, 0.2) is 26.1 Å². The molecule has 0 radical (unpaired) electrons. The third-order valence-corrected chi connectivity index (χ3v) is 5.50. The van der Waals surface area contributed by atoms with Crippen LogP contribution in [0.2, 0.25) is 0 Å². The summed E-state index contributed by atoms with van der Waals surface area (Å²) in [6.45, 7) is 2.19. The minimum Gasteiger partial charge on any atom is -0.245 e. The lowest BCUT2D eigenvalue weighted by atomic mass is 10.3. The maximum absolute atomic E-state index is 8.97. The summed E-state index contributed by atoms with van der Waals surface area (Å²) in [7, 11) is 0. The monoisotopic (exact) mass is 323 g/mol. The molecular weight excluding hydrogens is 310 g/mol. The first-order chi connectivity index (χ1) is 9.83. The minimum atomic E-state index is 0.324. The molecule has 0 aliphatic rings. The van der Waals surface area contributed by atoms with Gasteiger partial charge in [0, 0.05) is 18.1 Å². The van der Waals surface area contributed by atoms with E-state index in [1.807, 2.05) is 6.07 Å². The number of thioether (sulfide) groups is 1. The lowest BCUT2D eigenvalue weighted by Crippen LogP contribution is -1.89. The van der Waals surface area contributed by atoms with Gasteiger partial charge in [-0.15, -0.1) is 10.2 Å². The number of nitrogens with zero attached hydrogens (tertiary/aromatic N) is 5. The van der Waals surface area contributed by atoms with E-state index in [9.17, 15) is 0 Å².